The van der Waals surface area contributed by atoms with E-state index in [0.717, 1.165) is 5.56 Å². The van der Waals surface area contributed by atoms with Crippen LogP contribution in [0.1, 0.15) is 25.0 Å². The Kier molecular flexibility index (Phi) is 6.82. The number of aromatic nitrogens is 1. The van der Waals surface area contributed by atoms with Gasteiger partial charge in [0.25, 0.3) is 0 Å². The van der Waals surface area contributed by atoms with E-state index in [9.17, 15) is 17.6 Å². The largest absolute Gasteiger partial charge is 0.351 e. The van der Waals surface area contributed by atoms with Gasteiger partial charge in [-0.25, -0.2) is 17.5 Å². The molecule has 140 valence electrons. The summed E-state index contributed by atoms with van der Waals surface area (Å²) in [6.07, 6.45) is 3.26. The number of halogens is 1. The minimum Gasteiger partial charge on any atom is -0.351 e. The zero-order valence-corrected chi connectivity index (χ0v) is 15.5. The fourth-order valence-corrected chi connectivity index (χ4v) is 3.81. The minimum absolute atomic E-state index is 0.244. The second-order valence-electron chi connectivity index (χ2n) is 6.30. The highest BCUT2D eigenvalue weighted by atomic mass is 32.2. The van der Waals surface area contributed by atoms with E-state index in [1.54, 1.807) is 32.3 Å². The number of carbonyl (C=O) groups excluding carboxylic acids is 1. The molecule has 1 aromatic heterocycles. The van der Waals surface area contributed by atoms with Crippen LogP contribution in [0.5, 0.6) is 0 Å². The smallest absolute Gasteiger partial charge is 0.238 e. The summed E-state index contributed by atoms with van der Waals surface area (Å²) in [7, 11) is -3.77. The molecule has 1 amide bonds. The van der Waals surface area contributed by atoms with Crippen molar-refractivity contribution in [2.45, 2.75) is 32.2 Å². The maximum Gasteiger partial charge on any atom is 0.238 e. The molecule has 0 spiro atoms. The predicted molar refractivity (Wildman–Crippen MR) is 96.9 cm³/mol. The standard InChI is InChI=1S/C18H22FN3O3S/c1-13(2)17(18(23)21-11-15-4-3-9-20-10-15)22-26(24,25)12-14-5-7-16(19)8-6-14/h3-10,13,17,22H,11-12H2,1-2H3,(H,21,23)/t17-/m1/s1. The Labute approximate surface area is 152 Å². The quantitative estimate of drug-likeness (QED) is 0.734. The first kappa shape index (κ1) is 20.0. The third-order valence-electron chi connectivity index (χ3n) is 3.72. The van der Waals surface area contributed by atoms with Gasteiger partial charge in [-0.3, -0.25) is 9.78 Å². The molecule has 2 N–H and O–H groups in total. The normalized spacial score (nSPS) is 12.8. The summed E-state index contributed by atoms with van der Waals surface area (Å²) in [5.74, 6) is -1.42. The van der Waals surface area contributed by atoms with Crippen LogP contribution in [0.2, 0.25) is 0 Å². The number of nitrogens with one attached hydrogen (secondary N) is 2. The molecule has 0 bridgehead atoms. The van der Waals surface area contributed by atoms with Crippen LogP contribution in [0.3, 0.4) is 0 Å². The lowest BCUT2D eigenvalue weighted by Crippen LogP contribution is -2.49. The SMILES string of the molecule is CC(C)[C@@H](NS(=O)(=O)Cc1ccc(F)cc1)C(=O)NCc1cccnc1. The van der Waals surface area contributed by atoms with Crippen molar-refractivity contribution in [3.63, 3.8) is 0 Å². The minimum atomic E-state index is -3.77. The Morgan fingerprint density at radius 3 is 2.42 bits per heavy atom. The molecule has 1 atom stereocenters. The van der Waals surface area contributed by atoms with Gasteiger partial charge in [-0.15, -0.1) is 0 Å². The van der Waals surface area contributed by atoms with Gasteiger partial charge in [-0.1, -0.05) is 32.0 Å². The van der Waals surface area contributed by atoms with E-state index in [-0.39, 0.29) is 18.2 Å². The van der Waals surface area contributed by atoms with Gasteiger partial charge in [-0.2, -0.15) is 0 Å². The summed E-state index contributed by atoms with van der Waals surface area (Å²) in [6.45, 7) is 3.78. The summed E-state index contributed by atoms with van der Waals surface area (Å²) in [5.41, 5.74) is 1.26. The number of benzene rings is 1. The monoisotopic (exact) mass is 379 g/mol. The second kappa shape index (κ2) is 8.86. The Bertz CT molecular complexity index is 825. The molecule has 0 aliphatic carbocycles. The highest BCUT2D eigenvalue weighted by Gasteiger charge is 2.27. The molecular weight excluding hydrogens is 357 g/mol. The molecule has 2 aromatic rings. The summed E-state index contributed by atoms with van der Waals surface area (Å²) < 4.78 is 40.2. The number of rotatable bonds is 8. The number of carbonyl (C=O) groups is 1. The van der Waals surface area contributed by atoms with Crippen LogP contribution in [0.25, 0.3) is 0 Å². The third-order valence-corrected chi connectivity index (χ3v) is 5.04. The van der Waals surface area contributed by atoms with Crippen molar-refractivity contribution in [1.29, 1.82) is 0 Å². The third kappa shape index (κ3) is 6.20. The van der Waals surface area contributed by atoms with E-state index >= 15 is 0 Å². The van der Waals surface area contributed by atoms with Gasteiger partial charge < -0.3 is 5.32 Å². The molecule has 0 unspecified atom stereocenters. The molecule has 0 saturated heterocycles. The maximum absolute atomic E-state index is 12.9. The molecule has 0 saturated carbocycles. The maximum atomic E-state index is 12.9. The van der Waals surface area contributed by atoms with Gasteiger partial charge in [0.15, 0.2) is 0 Å². The molecule has 26 heavy (non-hydrogen) atoms. The van der Waals surface area contributed by atoms with E-state index in [0.29, 0.717) is 5.56 Å². The molecule has 0 aliphatic heterocycles. The van der Waals surface area contributed by atoms with Crippen molar-refractivity contribution in [2.75, 3.05) is 0 Å². The average molecular weight is 379 g/mol. The first-order valence-corrected chi connectivity index (χ1v) is 9.83. The average Bonchev–Trinajstić information content (AvgIpc) is 2.60. The summed E-state index contributed by atoms with van der Waals surface area (Å²) in [5, 5.41) is 2.72. The van der Waals surface area contributed by atoms with Crippen LogP contribution >= 0.6 is 0 Å². The van der Waals surface area contributed by atoms with Gasteiger partial charge in [0.2, 0.25) is 15.9 Å². The molecule has 0 aliphatic rings. The van der Waals surface area contributed by atoms with Crippen molar-refractivity contribution >= 4 is 15.9 Å². The highest BCUT2D eigenvalue weighted by Crippen LogP contribution is 2.10. The van der Waals surface area contributed by atoms with E-state index < -0.39 is 27.8 Å². The van der Waals surface area contributed by atoms with Crippen molar-refractivity contribution in [2.24, 2.45) is 5.92 Å². The van der Waals surface area contributed by atoms with Gasteiger partial charge in [0.05, 0.1) is 5.75 Å². The fourth-order valence-electron chi connectivity index (χ4n) is 2.33. The first-order chi connectivity index (χ1) is 12.3. The van der Waals surface area contributed by atoms with Crippen molar-refractivity contribution in [3.8, 4) is 0 Å². The topological polar surface area (TPSA) is 88.2 Å². The molecule has 2 rings (SSSR count). The number of sulfonamides is 1. The lowest BCUT2D eigenvalue weighted by molar-refractivity contribution is -0.123. The molecule has 0 radical (unpaired) electrons. The zero-order chi connectivity index (χ0) is 19.2. The lowest BCUT2D eigenvalue weighted by atomic mass is 10.0. The van der Waals surface area contributed by atoms with Crippen molar-refractivity contribution in [1.82, 2.24) is 15.0 Å². The summed E-state index contributed by atoms with van der Waals surface area (Å²) in [4.78, 5) is 16.4. The molecule has 1 heterocycles. The van der Waals surface area contributed by atoms with Gasteiger partial charge >= 0.3 is 0 Å². The summed E-state index contributed by atoms with van der Waals surface area (Å²) >= 11 is 0. The summed E-state index contributed by atoms with van der Waals surface area (Å²) in [6, 6.07) is 7.88. The van der Waals surface area contributed by atoms with E-state index in [1.807, 2.05) is 6.07 Å². The second-order valence-corrected chi connectivity index (χ2v) is 8.06. The van der Waals surface area contributed by atoms with Crippen LogP contribution in [0, 0.1) is 11.7 Å². The Morgan fingerprint density at radius 1 is 1.15 bits per heavy atom. The van der Waals surface area contributed by atoms with Crippen LogP contribution in [-0.2, 0) is 27.1 Å². The number of nitrogens with zero attached hydrogens (tertiary/aromatic N) is 1. The van der Waals surface area contributed by atoms with Crippen LogP contribution in [0.4, 0.5) is 4.39 Å². The van der Waals surface area contributed by atoms with E-state index in [2.05, 4.69) is 15.0 Å². The van der Waals surface area contributed by atoms with Crippen LogP contribution in [0.15, 0.2) is 48.8 Å². The molecule has 8 heteroatoms. The van der Waals surface area contributed by atoms with Crippen LogP contribution < -0.4 is 10.0 Å². The Balaban J connectivity index is 2.01. The van der Waals surface area contributed by atoms with Gasteiger partial charge in [0.1, 0.15) is 11.9 Å². The highest BCUT2D eigenvalue weighted by molar-refractivity contribution is 7.88. The van der Waals surface area contributed by atoms with E-state index in [1.165, 1.54) is 24.3 Å². The molecule has 1 aromatic carbocycles. The van der Waals surface area contributed by atoms with Crippen molar-refractivity contribution < 1.29 is 17.6 Å². The van der Waals surface area contributed by atoms with Gasteiger partial charge in [0, 0.05) is 18.9 Å². The number of hydrogen-bond donors (Lipinski definition) is 2. The molecule has 0 fully saturated rings. The number of pyridine rings is 1. The van der Waals surface area contributed by atoms with E-state index in [4.69, 9.17) is 0 Å². The van der Waals surface area contributed by atoms with Gasteiger partial charge in [-0.05, 0) is 35.2 Å². The first-order valence-electron chi connectivity index (χ1n) is 8.18. The molecular formula is C18H22FN3O3S. The fraction of sp³-hybridized carbons (Fsp3) is 0.333. The molecule has 6 nitrogen and oxygen atoms in total. The Morgan fingerprint density at radius 2 is 1.85 bits per heavy atom. The predicted octanol–water partition coefficient (Wildman–Crippen LogP) is 1.98. The number of hydrogen-bond acceptors (Lipinski definition) is 4. The van der Waals surface area contributed by atoms with Crippen molar-refractivity contribution in [3.05, 3.63) is 65.7 Å². The Hall–Kier alpha value is -2.32. The lowest BCUT2D eigenvalue weighted by Gasteiger charge is -2.21. The number of amides is 1. The van der Waals surface area contributed by atoms with Crippen LogP contribution in [-0.4, -0.2) is 25.4 Å². The zero-order valence-electron chi connectivity index (χ0n) is 14.6.